The highest BCUT2D eigenvalue weighted by Crippen LogP contribution is 2.01. The minimum absolute atomic E-state index is 0.227. The zero-order valence-corrected chi connectivity index (χ0v) is 10.4. The first-order valence-electron chi connectivity index (χ1n) is 5.13. The molecule has 4 nitrogen and oxygen atoms in total. The van der Waals surface area contributed by atoms with Gasteiger partial charge < -0.3 is 4.74 Å². The fourth-order valence-electron chi connectivity index (χ4n) is 0.605. The van der Waals surface area contributed by atoms with Crippen molar-refractivity contribution in [2.75, 3.05) is 14.2 Å². The Balaban J connectivity index is -0.000000205. The summed E-state index contributed by atoms with van der Waals surface area (Å²) in [6.07, 6.45) is 2.71. The molecule has 14 heavy (non-hydrogen) atoms. The lowest BCUT2D eigenvalue weighted by Crippen LogP contribution is -2.13. The van der Waals surface area contributed by atoms with E-state index in [0.717, 1.165) is 12.8 Å². The second-order valence-corrected chi connectivity index (χ2v) is 2.68. The van der Waals surface area contributed by atoms with Crippen LogP contribution in [0, 0.1) is 10.1 Å². The van der Waals surface area contributed by atoms with Crippen LogP contribution in [0.4, 0.5) is 0 Å². The summed E-state index contributed by atoms with van der Waals surface area (Å²) in [7, 11) is 3.25. The molecule has 1 atom stereocenters. The predicted molar refractivity (Wildman–Crippen MR) is 60.3 cm³/mol. The predicted octanol–water partition coefficient (Wildman–Crippen LogP) is 3.13. The molecule has 0 radical (unpaired) electrons. The van der Waals surface area contributed by atoms with Crippen molar-refractivity contribution in [1.82, 2.24) is 0 Å². The van der Waals surface area contributed by atoms with E-state index >= 15 is 0 Å². The van der Waals surface area contributed by atoms with Crippen molar-refractivity contribution < 1.29 is 9.66 Å². The summed E-state index contributed by atoms with van der Waals surface area (Å²) in [5, 5.41) is 10.0. The average Bonchev–Trinajstić information content (AvgIpc) is 2.18. The molecule has 4 heteroatoms. The number of rotatable bonds is 4. The third-order valence-corrected chi connectivity index (χ3v) is 1.34. The Morgan fingerprint density at radius 2 is 1.71 bits per heavy atom. The van der Waals surface area contributed by atoms with Gasteiger partial charge in [-0.2, -0.15) is 0 Å². The normalized spacial score (nSPS) is 10.1. The maximum Gasteiger partial charge on any atom is 0.210 e. The highest BCUT2D eigenvalue weighted by Gasteiger charge is 2.09. The van der Waals surface area contributed by atoms with Crippen molar-refractivity contribution in [2.45, 2.75) is 53.0 Å². The molecule has 0 aromatic carbocycles. The zero-order valence-electron chi connectivity index (χ0n) is 10.4. The molecule has 0 aliphatic rings. The largest absolute Gasteiger partial charge is 0.388 e. The van der Waals surface area contributed by atoms with Crippen LogP contribution in [0.2, 0.25) is 0 Å². The summed E-state index contributed by atoms with van der Waals surface area (Å²) in [5.74, 6) is 0. The summed E-state index contributed by atoms with van der Waals surface area (Å²) in [6.45, 7) is 7.68. The van der Waals surface area contributed by atoms with Crippen LogP contribution in [-0.2, 0) is 4.74 Å². The molecule has 0 saturated carbocycles. The second kappa shape index (κ2) is 18.2. The van der Waals surface area contributed by atoms with Crippen LogP contribution in [0.3, 0.4) is 0 Å². The average molecular weight is 207 g/mol. The van der Waals surface area contributed by atoms with Crippen molar-refractivity contribution >= 4 is 0 Å². The molecule has 0 aromatic heterocycles. The third kappa shape index (κ3) is 22.5. The molecule has 0 spiro atoms. The maximum absolute atomic E-state index is 10.0. The topological polar surface area (TPSA) is 52.4 Å². The summed E-state index contributed by atoms with van der Waals surface area (Å²) >= 11 is 0. The number of ether oxygens (including phenoxy) is 1. The standard InChI is InChI=1S/C6H13NO2.C2H6O.C2H6/c1-3-4-5-6(2)7(8)9;1-3-2;1-2/h6H,3-5H2,1-2H3;1-2H3;1-2H3. The van der Waals surface area contributed by atoms with Crippen molar-refractivity contribution in [1.29, 1.82) is 0 Å². The van der Waals surface area contributed by atoms with Gasteiger partial charge in [0.2, 0.25) is 6.04 Å². The monoisotopic (exact) mass is 207 g/mol. The second-order valence-electron chi connectivity index (χ2n) is 2.68. The van der Waals surface area contributed by atoms with Crippen molar-refractivity contribution in [3.05, 3.63) is 10.1 Å². The van der Waals surface area contributed by atoms with Crippen LogP contribution in [0.25, 0.3) is 0 Å². The maximum atomic E-state index is 10.0. The van der Waals surface area contributed by atoms with E-state index in [1.54, 1.807) is 21.1 Å². The van der Waals surface area contributed by atoms with Crippen LogP contribution < -0.4 is 0 Å². The van der Waals surface area contributed by atoms with E-state index in [1.165, 1.54) is 0 Å². The molecule has 0 heterocycles. The van der Waals surface area contributed by atoms with Gasteiger partial charge in [-0.15, -0.1) is 0 Å². The Morgan fingerprint density at radius 3 is 1.93 bits per heavy atom. The van der Waals surface area contributed by atoms with E-state index in [1.807, 2.05) is 20.8 Å². The van der Waals surface area contributed by atoms with Gasteiger partial charge in [-0.25, -0.2) is 0 Å². The molecular formula is C10H25NO3. The van der Waals surface area contributed by atoms with E-state index in [-0.39, 0.29) is 11.0 Å². The highest BCUT2D eigenvalue weighted by atomic mass is 16.6. The summed E-state index contributed by atoms with van der Waals surface area (Å²) in [4.78, 5) is 9.78. The molecule has 0 aliphatic heterocycles. The van der Waals surface area contributed by atoms with Crippen molar-refractivity contribution in [2.24, 2.45) is 0 Å². The van der Waals surface area contributed by atoms with E-state index in [0.29, 0.717) is 6.42 Å². The molecule has 0 aromatic rings. The summed E-state index contributed by atoms with van der Waals surface area (Å²) in [6, 6.07) is -0.357. The Hall–Kier alpha value is -0.640. The number of methoxy groups -OCH3 is 1. The van der Waals surface area contributed by atoms with Crippen LogP contribution in [-0.4, -0.2) is 25.2 Å². The lowest BCUT2D eigenvalue weighted by atomic mass is 10.2. The number of nitrogens with zero attached hydrogens (tertiary/aromatic N) is 1. The fraction of sp³-hybridized carbons (Fsp3) is 1.00. The number of nitro groups is 1. The Kier molecular flexibility index (Phi) is 24.7. The lowest BCUT2D eigenvalue weighted by Gasteiger charge is -1.99. The third-order valence-electron chi connectivity index (χ3n) is 1.34. The van der Waals surface area contributed by atoms with Gasteiger partial charge >= 0.3 is 0 Å². The fourth-order valence-corrected chi connectivity index (χ4v) is 0.605. The summed E-state index contributed by atoms with van der Waals surface area (Å²) < 4.78 is 4.25. The van der Waals surface area contributed by atoms with Crippen molar-refractivity contribution in [3.8, 4) is 0 Å². The van der Waals surface area contributed by atoms with E-state index in [4.69, 9.17) is 0 Å². The first-order chi connectivity index (χ1) is 6.59. The molecule has 0 amide bonds. The quantitative estimate of drug-likeness (QED) is 0.525. The first kappa shape index (κ1) is 19.0. The number of hydrogen-bond acceptors (Lipinski definition) is 3. The van der Waals surface area contributed by atoms with Gasteiger partial charge in [-0.1, -0.05) is 27.2 Å². The zero-order chi connectivity index (χ0) is 12.0. The SMILES string of the molecule is CC.CCCCC(C)[N+](=O)[O-].COC. The molecular weight excluding hydrogens is 182 g/mol. The number of unbranched alkanes of at least 4 members (excludes halogenated alkanes) is 1. The molecule has 0 N–H and O–H groups in total. The van der Waals surface area contributed by atoms with Gasteiger partial charge in [-0.05, 0) is 6.42 Å². The van der Waals surface area contributed by atoms with Crippen LogP contribution >= 0.6 is 0 Å². The first-order valence-corrected chi connectivity index (χ1v) is 5.13. The van der Waals surface area contributed by atoms with Gasteiger partial charge in [0.15, 0.2) is 0 Å². The Bertz CT molecular complexity index is 108. The van der Waals surface area contributed by atoms with Crippen molar-refractivity contribution in [3.63, 3.8) is 0 Å². The minimum Gasteiger partial charge on any atom is -0.388 e. The van der Waals surface area contributed by atoms with E-state index < -0.39 is 0 Å². The molecule has 0 bridgehead atoms. The lowest BCUT2D eigenvalue weighted by molar-refractivity contribution is -0.519. The molecule has 0 fully saturated rings. The molecule has 88 valence electrons. The van der Waals surface area contributed by atoms with Gasteiger partial charge in [0.1, 0.15) is 0 Å². The van der Waals surface area contributed by atoms with Gasteiger partial charge in [0.05, 0.1) is 0 Å². The van der Waals surface area contributed by atoms with Crippen LogP contribution in [0.1, 0.15) is 47.0 Å². The molecule has 0 rings (SSSR count). The van der Waals surface area contributed by atoms with E-state index in [2.05, 4.69) is 4.74 Å². The smallest absolute Gasteiger partial charge is 0.210 e. The minimum atomic E-state index is -0.357. The molecule has 0 aliphatic carbocycles. The van der Waals surface area contributed by atoms with Crippen LogP contribution in [0.5, 0.6) is 0 Å². The molecule has 0 saturated heterocycles. The van der Waals surface area contributed by atoms with Gasteiger partial charge in [-0.3, -0.25) is 10.1 Å². The Labute approximate surface area is 87.8 Å². The number of hydrogen-bond donors (Lipinski definition) is 0. The molecule has 1 unspecified atom stereocenters. The Morgan fingerprint density at radius 1 is 1.36 bits per heavy atom. The van der Waals surface area contributed by atoms with Gasteiger partial charge in [0.25, 0.3) is 0 Å². The summed E-state index contributed by atoms with van der Waals surface area (Å²) in [5.41, 5.74) is 0. The van der Waals surface area contributed by atoms with Crippen LogP contribution in [0.15, 0.2) is 0 Å². The highest BCUT2D eigenvalue weighted by molar-refractivity contribution is 4.46. The van der Waals surface area contributed by atoms with Gasteiger partial charge in [0, 0.05) is 32.5 Å². The van der Waals surface area contributed by atoms with E-state index in [9.17, 15) is 10.1 Å².